The highest BCUT2D eigenvalue weighted by Crippen LogP contribution is 2.32. The molecule has 19 heavy (non-hydrogen) atoms. The van der Waals surface area contributed by atoms with Crippen LogP contribution in [0.4, 0.5) is 0 Å². The zero-order valence-corrected chi connectivity index (χ0v) is 11.9. The van der Waals surface area contributed by atoms with Crippen LogP contribution in [-0.4, -0.2) is 31.5 Å². The number of para-hydroxylation sites is 2. The van der Waals surface area contributed by atoms with Crippen molar-refractivity contribution in [2.45, 2.75) is 44.4 Å². The van der Waals surface area contributed by atoms with Gasteiger partial charge in [-0.3, -0.25) is 0 Å². The average molecular weight is 265 g/mol. The molecule has 1 heterocycles. The first-order valence-electron chi connectivity index (χ1n) is 6.71. The maximum Gasteiger partial charge on any atom is 0.161 e. The molecule has 4 nitrogen and oxygen atoms in total. The molecular formula is C15H23NO3. The quantitative estimate of drug-likeness (QED) is 0.888. The van der Waals surface area contributed by atoms with Crippen molar-refractivity contribution in [1.29, 1.82) is 0 Å². The Morgan fingerprint density at radius 2 is 2.05 bits per heavy atom. The van der Waals surface area contributed by atoms with E-state index in [-0.39, 0.29) is 17.7 Å². The molecule has 0 fully saturated rings. The van der Waals surface area contributed by atoms with Gasteiger partial charge < -0.3 is 19.9 Å². The second-order valence-corrected chi connectivity index (χ2v) is 5.58. The third-order valence-electron chi connectivity index (χ3n) is 3.64. The van der Waals surface area contributed by atoms with Crippen LogP contribution >= 0.6 is 0 Å². The molecule has 1 aromatic rings. The molecule has 1 aliphatic heterocycles. The third kappa shape index (κ3) is 3.61. The van der Waals surface area contributed by atoms with Crippen LogP contribution in [0.1, 0.15) is 26.7 Å². The minimum Gasteiger partial charge on any atom is -0.486 e. The number of rotatable bonds is 5. The number of fused-ring (bicyclic) bond motifs is 1. The Morgan fingerprint density at radius 1 is 1.37 bits per heavy atom. The summed E-state index contributed by atoms with van der Waals surface area (Å²) < 4.78 is 17.0. The van der Waals surface area contributed by atoms with Crippen molar-refractivity contribution in [3.8, 4) is 11.5 Å². The molecule has 0 aliphatic carbocycles. The molecule has 0 bridgehead atoms. The Morgan fingerprint density at radius 3 is 2.74 bits per heavy atom. The van der Waals surface area contributed by atoms with Crippen LogP contribution < -0.4 is 15.2 Å². The number of hydrogen-bond acceptors (Lipinski definition) is 4. The van der Waals surface area contributed by atoms with Crippen molar-refractivity contribution in [2.75, 3.05) is 13.7 Å². The standard InChI is InChI=1S/C15H23NO3/c1-15(2,17-3)9-8-11(16)14-10-18-12-6-4-5-7-13(12)19-14/h4-7,11,14H,8-10,16H2,1-3H3. The summed E-state index contributed by atoms with van der Waals surface area (Å²) in [6.45, 7) is 4.63. The van der Waals surface area contributed by atoms with Crippen LogP contribution in [0.25, 0.3) is 0 Å². The van der Waals surface area contributed by atoms with Crippen molar-refractivity contribution >= 4 is 0 Å². The lowest BCUT2D eigenvalue weighted by molar-refractivity contribution is 0.00529. The smallest absolute Gasteiger partial charge is 0.161 e. The first-order chi connectivity index (χ1) is 9.02. The van der Waals surface area contributed by atoms with E-state index in [1.54, 1.807) is 7.11 Å². The molecule has 106 valence electrons. The van der Waals surface area contributed by atoms with E-state index in [1.807, 2.05) is 24.3 Å². The molecule has 2 atom stereocenters. The highest BCUT2D eigenvalue weighted by Gasteiger charge is 2.28. The Kier molecular flexibility index (Phi) is 4.32. The van der Waals surface area contributed by atoms with Crippen LogP contribution in [0.3, 0.4) is 0 Å². The largest absolute Gasteiger partial charge is 0.486 e. The molecule has 0 amide bonds. The van der Waals surface area contributed by atoms with Gasteiger partial charge in [-0.1, -0.05) is 12.1 Å². The summed E-state index contributed by atoms with van der Waals surface area (Å²) >= 11 is 0. The van der Waals surface area contributed by atoms with Gasteiger partial charge >= 0.3 is 0 Å². The van der Waals surface area contributed by atoms with E-state index < -0.39 is 0 Å². The lowest BCUT2D eigenvalue weighted by Gasteiger charge is -2.32. The van der Waals surface area contributed by atoms with Crippen molar-refractivity contribution in [3.05, 3.63) is 24.3 Å². The van der Waals surface area contributed by atoms with Gasteiger partial charge in [0.1, 0.15) is 12.7 Å². The van der Waals surface area contributed by atoms with Gasteiger partial charge in [0.25, 0.3) is 0 Å². The van der Waals surface area contributed by atoms with Gasteiger partial charge in [0, 0.05) is 13.2 Å². The summed E-state index contributed by atoms with van der Waals surface area (Å²) in [4.78, 5) is 0. The molecule has 0 spiro atoms. The molecular weight excluding hydrogens is 242 g/mol. The Labute approximate surface area is 114 Å². The van der Waals surface area contributed by atoms with Crippen molar-refractivity contribution in [3.63, 3.8) is 0 Å². The molecule has 0 aromatic heterocycles. The molecule has 1 aromatic carbocycles. The van der Waals surface area contributed by atoms with Crippen LogP contribution in [0, 0.1) is 0 Å². The van der Waals surface area contributed by atoms with Crippen molar-refractivity contribution in [2.24, 2.45) is 5.73 Å². The predicted molar refractivity (Wildman–Crippen MR) is 74.7 cm³/mol. The summed E-state index contributed by atoms with van der Waals surface area (Å²) in [7, 11) is 1.72. The van der Waals surface area contributed by atoms with Crippen LogP contribution in [0.2, 0.25) is 0 Å². The van der Waals surface area contributed by atoms with Gasteiger partial charge in [-0.2, -0.15) is 0 Å². The van der Waals surface area contributed by atoms with Gasteiger partial charge in [0.2, 0.25) is 0 Å². The average Bonchev–Trinajstić information content (AvgIpc) is 2.44. The summed E-state index contributed by atoms with van der Waals surface area (Å²) in [6.07, 6.45) is 1.64. The lowest BCUT2D eigenvalue weighted by atomic mass is 9.96. The first-order valence-corrected chi connectivity index (χ1v) is 6.71. The second-order valence-electron chi connectivity index (χ2n) is 5.58. The fourth-order valence-electron chi connectivity index (χ4n) is 2.05. The van der Waals surface area contributed by atoms with Crippen LogP contribution in [-0.2, 0) is 4.74 Å². The summed E-state index contributed by atoms with van der Waals surface area (Å²) in [6, 6.07) is 7.63. The number of methoxy groups -OCH3 is 1. The molecule has 2 rings (SSSR count). The van der Waals surface area contributed by atoms with E-state index in [9.17, 15) is 0 Å². The second kappa shape index (κ2) is 5.80. The lowest BCUT2D eigenvalue weighted by Crippen LogP contribution is -2.45. The van der Waals surface area contributed by atoms with Crippen molar-refractivity contribution < 1.29 is 14.2 Å². The highest BCUT2D eigenvalue weighted by molar-refractivity contribution is 5.40. The fraction of sp³-hybridized carbons (Fsp3) is 0.600. The number of ether oxygens (including phenoxy) is 3. The summed E-state index contributed by atoms with van der Waals surface area (Å²) in [5, 5.41) is 0. The Hall–Kier alpha value is -1.26. The van der Waals surface area contributed by atoms with Gasteiger partial charge in [-0.05, 0) is 38.8 Å². The summed E-state index contributed by atoms with van der Waals surface area (Å²) in [5.41, 5.74) is 6.06. The SMILES string of the molecule is COC(C)(C)CCC(N)C1COc2ccccc2O1. The number of benzene rings is 1. The molecule has 0 saturated carbocycles. The van der Waals surface area contributed by atoms with Crippen LogP contribution in [0.15, 0.2) is 24.3 Å². The zero-order chi connectivity index (χ0) is 13.9. The molecule has 2 unspecified atom stereocenters. The number of nitrogens with two attached hydrogens (primary N) is 1. The molecule has 0 saturated heterocycles. The first kappa shape index (κ1) is 14.2. The van der Waals surface area contributed by atoms with E-state index >= 15 is 0 Å². The fourth-order valence-corrected chi connectivity index (χ4v) is 2.05. The molecule has 4 heteroatoms. The van der Waals surface area contributed by atoms with Gasteiger partial charge in [0.05, 0.1) is 5.60 Å². The predicted octanol–water partition coefficient (Wildman–Crippen LogP) is 2.36. The maximum absolute atomic E-state index is 6.21. The topological polar surface area (TPSA) is 53.7 Å². The van der Waals surface area contributed by atoms with Gasteiger partial charge in [-0.25, -0.2) is 0 Å². The molecule has 2 N–H and O–H groups in total. The van der Waals surface area contributed by atoms with E-state index in [0.717, 1.165) is 24.3 Å². The Balaban J connectivity index is 1.90. The number of hydrogen-bond donors (Lipinski definition) is 1. The molecule has 1 aliphatic rings. The van der Waals surface area contributed by atoms with E-state index in [4.69, 9.17) is 19.9 Å². The molecule has 0 radical (unpaired) electrons. The van der Waals surface area contributed by atoms with E-state index in [0.29, 0.717) is 6.61 Å². The van der Waals surface area contributed by atoms with Gasteiger partial charge in [0.15, 0.2) is 11.5 Å². The zero-order valence-electron chi connectivity index (χ0n) is 11.9. The Bertz CT molecular complexity index is 420. The van der Waals surface area contributed by atoms with E-state index in [2.05, 4.69) is 13.8 Å². The van der Waals surface area contributed by atoms with E-state index in [1.165, 1.54) is 0 Å². The van der Waals surface area contributed by atoms with Gasteiger partial charge in [-0.15, -0.1) is 0 Å². The third-order valence-corrected chi connectivity index (χ3v) is 3.64. The maximum atomic E-state index is 6.21. The normalized spacial score (nSPS) is 20.1. The monoisotopic (exact) mass is 265 g/mol. The minimum atomic E-state index is -0.148. The highest BCUT2D eigenvalue weighted by atomic mass is 16.6. The van der Waals surface area contributed by atoms with Crippen molar-refractivity contribution in [1.82, 2.24) is 0 Å². The summed E-state index contributed by atoms with van der Waals surface area (Å²) in [5.74, 6) is 1.57. The minimum absolute atomic E-state index is 0.0530. The van der Waals surface area contributed by atoms with Crippen LogP contribution in [0.5, 0.6) is 11.5 Å².